The van der Waals surface area contributed by atoms with E-state index in [2.05, 4.69) is 22.9 Å². The van der Waals surface area contributed by atoms with Crippen molar-refractivity contribution < 1.29 is 4.79 Å². The monoisotopic (exact) mass is 308 g/mol. The quantitative estimate of drug-likeness (QED) is 0.778. The zero-order valence-electron chi connectivity index (χ0n) is 13.3. The second kappa shape index (κ2) is 6.22. The molecule has 5 heteroatoms. The minimum atomic E-state index is -0.311. The molecule has 0 aliphatic rings. The van der Waals surface area contributed by atoms with Gasteiger partial charge < -0.3 is 15.6 Å². The topological polar surface area (TPSA) is 72.9 Å². The molecule has 0 saturated carbocycles. The van der Waals surface area contributed by atoms with E-state index in [4.69, 9.17) is 10.7 Å². The average Bonchev–Trinajstić information content (AvgIpc) is 2.93. The predicted octanol–water partition coefficient (Wildman–Crippen LogP) is 3.06. The van der Waals surface area contributed by atoms with E-state index in [0.29, 0.717) is 0 Å². The number of nitrogens with one attached hydrogen (secondary N) is 1. The second-order valence-electron chi connectivity index (χ2n) is 5.48. The van der Waals surface area contributed by atoms with Gasteiger partial charge in [-0.25, -0.2) is 4.98 Å². The van der Waals surface area contributed by atoms with Crippen LogP contribution in [0.3, 0.4) is 0 Å². The molecule has 0 fully saturated rings. The number of amides is 1. The lowest BCUT2D eigenvalue weighted by Crippen LogP contribution is -2.17. The first kappa shape index (κ1) is 15.2. The smallest absolute Gasteiger partial charge is 0.221 e. The summed E-state index contributed by atoms with van der Waals surface area (Å²) in [5.41, 5.74) is 10.2. The van der Waals surface area contributed by atoms with Gasteiger partial charge in [-0.2, -0.15) is 0 Å². The van der Waals surface area contributed by atoms with Gasteiger partial charge >= 0.3 is 0 Å². The number of anilines is 1. The van der Waals surface area contributed by atoms with E-state index in [-0.39, 0.29) is 11.9 Å². The molecule has 1 heterocycles. The number of carbonyl (C=O) groups excluding carboxylic acids is 1. The number of nitrogens with two attached hydrogens (primary N) is 1. The summed E-state index contributed by atoms with van der Waals surface area (Å²) in [5.74, 6) is 0.760. The number of imidazole rings is 1. The van der Waals surface area contributed by atoms with Crippen LogP contribution >= 0.6 is 0 Å². The standard InChI is InChI=1S/C18H20N4O/c1-3-22-16-7-5-4-6-15(16)21-18(22)17(19)13-8-10-14(11-9-13)20-12(2)23/h4-11,17H,3,19H2,1-2H3,(H,20,23). The molecule has 5 nitrogen and oxygen atoms in total. The SMILES string of the molecule is CCn1c(C(N)c2ccc(NC(C)=O)cc2)nc2ccccc21. The minimum Gasteiger partial charge on any atom is -0.327 e. The fourth-order valence-corrected chi connectivity index (χ4v) is 2.79. The first-order valence-electron chi connectivity index (χ1n) is 7.68. The number of hydrogen-bond acceptors (Lipinski definition) is 3. The molecule has 0 spiro atoms. The van der Waals surface area contributed by atoms with Crippen LogP contribution in [0.2, 0.25) is 0 Å². The van der Waals surface area contributed by atoms with Crippen LogP contribution in [-0.4, -0.2) is 15.5 Å². The molecule has 0 radical (unpaired) electrons. The number of hydrogen-bond donors (Lipinski definition) is 2. The lowest BCUT2D eigenvalue weighted by atomic mass is 10.1. The molecule has 2 aromatic carbocycles. The molecule has 3 aromatic rings. The number of fused-ring (bicyclic) bond motifs is 1. The summed E-state index contributed by atoms with van der Waals surface area (Å²) < 4.78 is 2.14. The fourth-order valence-electron chi connectivity index (χ4n) is 2.79. The van der Waals surface area contributed by atoms with Gasteiger partial charge in [0.1, 0.15) is 5.82 Å². The van der Waals surface area contributed by atoms with Crippen LogP contribution in [0.4, 0.5) is 5.69 Å². The van der Waals surface area contributed by atoms with Gasteiger partial charge in [0, 0.05) is 19.2 Å². The van der Waals surface area contributed by atoms with E-state index >= 15 is 0 Å². The van der Waals surface area contributed by atoms with Crippen molar-refractivity contribution >= 4 is 22.6 Å². The lowest BCUT2D eigenvalue weighted by Gasteiger charge is -2.14. The van der Waals surface area contributed by atoms with Gasteiger partial charge in [-0.3, -0.25) is 4.79 Å². The van der Waals surface area contributed by atoms with E-state index < -0.39 is 0 Å². The summed E-state index contributed by atoms with van der Waals surface area (Å²) in [7, 11) is 0. The summed E-state index contributed by atoms with van der Waals surface area (Å²) >= 11 is 0. The van der Waals surface area contributed by atoms with Crippen LogP contribution in [0.1, 0.15) is 31.3 Å². The Hall–Kier alpha value is -2.66. The van der Waals surface area contributed by atoms with Crippen molar-refractivity contribution in [2.75, 3.05) is 5.32 Å². The number of aryl methyl sites for hydroxylation is 1. The molecule has 1 aromatic heterocycles. The Morgan fingerprint density at radius 1 is 1.22 bits per heavy atom. The van der Waals surface area contributed by atoms with Gasteiger partial charge in [0.15, 0.2) is 0 Å². The van der Waals surface area contributed by atoms with Crippen LogP contribution < -0.4 is 11.1 Å². The predicted molar refractivity (Wildman–Crippen MR) is 92.2 cm³/mol. The summed E-state index contributed by atoms with van der Waals surface area (Å²) in [6, 6.07) is 15.3. The van der Waals surface area contributed by atoms with Gasteiger partial charge in [0.05, 0.1) is 17.1 Å². The van der Waals surface area contributed by atoms with Gasteiger partial charge in [-0.05, 0) is 36.8 Å². The van der Waals surface area contributed by atoms with E-state index in [9.17, 15) is 4.79 Å². The number of aromatic nitrogens is 2. The van der Waals surface area contributed by atoms with Crippen LogP contribution in [-0.2, 0) is 11.3 Å². The Morgan fingerprint density at radius 2 is 1.91 bits per heavy atom. The van der Waals surface area contributed by atoms with Crippen molar-refractivity contribution in [2.24, 2.45) is 5.73 Å². The Labute approximate surface area is 135 Å². The van der Waals surface area contributed by atoms with Gasteiger partial charge in [-0.1, -0.05) is 24.3 Å². The van der Waals surface area contributed by atoms with Gasteiger partial charge in [-0.15, -0.1) is 0 Å². The van der Waals surface area contributed by atoms with Crippen molar-refractivity contribution in [1.29, 1.82) is 0 Å². The van der Waals surface area contributed by atoms with E-state index in [0.717, 1.165) is 34.7 Å². The van der Waals surface area contributed by atoms with Crippen molar-refractivity contribution in [3.05, 3.63) is 59.9 Å². The summed E-state index contributed by atoms with van der Waals surface area (Å²) in [5, 5.41) is 2.75. The van der Waals surface area contributed by atoms with Crippen LogP contribution in [0.25, 0.3) is 11.0 Å². The Bertz CT molecular complexity index is 836. The van der Waals surface area contributed by atoms with Crippen LogP contribution in [0.15, 0.2) is 48.5 Å². The summed E-state index contributed by atoms with van der Waals surface area (Å²) in [6.07, 6.45) is 0. The molecule has 3 N–H and O–H groups in total. The second-order valence-corrected chi connectivity index (χ2v) is 5.48. The molecule has 0 bridgehead atoms. The third kappa shape index (κ3) is 2.96. The van der Waals surface area contributed by atoms with Crippen molar-refractivity contribution in [3.63, 3.8) is 0 Å². The first-order valence-corrected chi connectivity index (χ1v) is 7.68. The highest BCUT2D eigenvalue weighted by molar-refractivity contribution is 5.88. The van der Waals surface area contributed by atoms with Crippen LogP contribution in [0, 0.1) is 0 Å². The molecule has 1 atom stereocenters. The Morgan fingerprint density at radius 3 is 2.57 bits per heavy atom. The van der Waals surface area contributed by atoms with Crippen LogP contribution in [0.5, 0.6) is 0 Å². The summed E-state index contributed by atoms with van der Waals surface area (Å²) in [6.45, 7) is 4.39. The molecule has 0 saturated heterocycles. The number of para-hydroxylation sites is 2. The Balaban J connectivity index is 1.96. The Kier molecular flexibility index (Phi) is 4.12. The van der Waals surface area contributed by atoms with Crippen molar-refractivity contribution in [3.8, 4) is 0 Å². The minimum absolute atomic E-state index is 0.0881. The van der Waals surface area contributed by atoms with Crippen molar-refractivity contribution in [1.82, 2.24) is 9.55 Å². The van der Waals surface area contributed by atoms with E-state index in [1.165, 1.54) is 6.92 Å². The third-order valence-electron chi connectivity index (χ3n) is 3.87. The zero-order chi connectivity index (χ0) is 16.4. The number of rotatable bonds is 4. The maximum Gasteiger partial charge on any atom is 0.221 e. The molecule has 3 rings (SSSR count). The number of carbonyl (C=O) groups is 1. The molecule has 0 aliphatic heterocycles. The number of benzene rings is 2. The lowest BCUT2D eigenvalue weighted by molar-refractivity contribution is -0.114. The van der Waals surface area contributed by atoms with Crippen molar-refractivity contribution in [2.45, 2.75) is 26.4 Å². The normalized spacial score (nSPS) is 12.3. The highest BCUT2D eigenvalue weighted by atomic mass is 16.1. The highest BCUT2D eigenvalue weighted by Crippen LogP contribution is 2.25. The maximum atomic E-state index is 11.1. The highest BCUT2D eigenvalue weighted by Gasteiger charge is 2.17. The zero-order valence-corrected chi connectivity index (χ0v) is 13.3. The molecule has 23 heavy (non-hydrogen) atoms. The largest absolute Gasteiger partial charge is 0.327 e. The fraction of sp³-hybridized carbons (Fsp3) is 0.222. The van der Waals surface area contributed by atoms with E-state index in [1.54, 1.807) is 0 Å². The maximum absolute atomic E-state index is 11.1. The average molecular weight is 308 g/mol. The van der Waals surface area contributed by atoms with Gasteiger partial charge in [0.25, 0.3) is 0 Å². The third-order valence-corrected chi connectivity index (χ3v) is 3.87. The summed E-state index contributed by atoms with van der Waals surface area (Å²) in [4.78, 5) is 15.8. The molecule has 1 unspecified atom stereocenters. The van der Waals surface area contributed by atoms with E-state index in [1.807, 2.05) is 42.5 Å². The molecule has 0 aliphatic carbocycles. The molecule has 118 valence electrons. The van der Waals surface area contributed by atoms with Gasteiger partial charge in [0.2, 0.25) is 5.91 Å². The molecule has 1 amide bonds. The number of nitrogens with zero attached hydrogens (tertiary/aromatic N) is 2. The molecular weight excluding hydrogens is 288 g/mol. The molecular formula is C18H20N4O. The first-order chi connectivity index (χ1) is 11.1.